The zero-order valence-corrected chi connectivity index (χ0v) is 11.0. The Balaban J connectivity index is 2.20. The van der Waals surface area contributed by atoms with Gasteiger partial charge in [0, 0.05) is 25.0 Å². The van der Waals surface area contributed by atoms with Crippen LogP contribution in [-0.2, 0) is 13.2 Å². The average molecular weight is 292 g/mol. The first kappa shape index (κ1) is 13.4. The van der Waals surface area contributed by atoms with Gasteiger partial charge in [-0.25, -0.2) is 4.98 Å². The molecule has 0 radical (unpaired) electrons. The van der Waals surface area contributed by atoms with Gasteiger partial charge in [0.25, 0.3) is 0 Å². The number of nitrogens with two attached hydrogens (primary N) is 1. The molecule has 0 unspecified atom stereocenters. The van der Waals surface area contributed by atoms with Gasteiger partial charge in [-0.15, -0.1) is 0 Å². The Labute approximate surface area is 118 Å². The maximum Gasteiger partial charge on any atom is 0.416 e. The van der Waals surface area contributed by atoms with Gasteiger partial charge in [-0.1, -0.05) is 0 Å². The molecule has 0 bridgehead atoms. The van der Waals surface area contributed by atoms with E-state index in [1.807, 2.05) is 0 Å². The molecule has 0 saturated carbocycles. The van der Waals surface area contributed by atoms with Crippen molar-refractivity contribution in [3.63, 3.8) is 0 Å². The molecule has 7 heteroatoms. The van der Waals surface area contributed by atoms with Gasteiger partial charge in [0.15, 0.2) is 0 Å². The number of aryl methyl sites for hydroxylation is 1. The first-order valence-corrected chi connectivity index (χ1v) is 6.11. The lowest BCUT2D eigenvalue weighted by molar-refractivity contribution is -0.137. The number of pyridine rings is 1. The number of alkyl halides is 3. The lowest BCUT2D eigenvalue weighted by atomic mass is 10.2. The summed E-state index contributed by atoms with van der Waals surface area (Å²) in [6.07, 6.45) is -1.32. The molecule has 0 aliphatic rings. The average Bonchev–Trinajstić information content (AvgIpc) is 2.75. The summed E-state index contributed by atoms with van der Waals surface area (Å²) < 4.78 is 39.9. The van der Waals surface area contributed by atoms with Crippen LogP contribution < -0.4 is 5.73 Å². The second kappa shape index (κ2) is 4.47. The lowest BCUT2D eigenvalue weighted by Gasteiger charge is -2.06. The van der Waals surface area contributed by atoms with Crippen LogP contribution in [-0.4, -0.2) is 14.5 Å². The van der Waals surface area contributed by atoms with Crippen molar-refractivity contribution in [1.29, 1.82) is 0 Å². The van der Waals surface area contributed by atoms with E-state index in [2.05, 4.69) is 9.97 Å². The van der Waals surface area contributed by atoms with Gasteiger partial charge in [0.1, 0.15) is 5.82 Å². The number of nitrogen functional groups attached to an aromatic ring is 1. The van der Waals surface area contributed by atoms with Crippen molar-refractivity contribution in [3.8, 4) is 11.4 Å². The van der Waals surface area contributed by atoms with Crippen LogP contribution in [0.4, 0.5) is 18.9 Å². The van der Waals surface area contributed by atoms with E-state index in [1.165, 1.54) is 12.3 Å². The molecule has 0 saturated heterocycles. The highest BCUT2D eigenvalue weighted by Crippen LogP contribution is 2.32. The summed E-state index contributed by atoms with van der Waals surface area (Å²) in [5.41, 5.74) is 6.97. The van der Waals surface area contributed by atoms with E-state index in [1.54, 1.807) is 23.9 Å². The smallest absolute Gasteiger partial charge is 0.397 e. The molecule has 108 valence electrons. The predicted molar refractivity (Wildman–Crippen MR) is 73.4 cm³/mol. The van der Waals surface area contributed by atoms with Crippen molar-refractivity contribution < 1.29 is 13.2 Å². The Morgan fingerprint density at radius 2 is 1.90 bits per heavy atom. The summed E-state index contributed by atoms with van der Waals surface area (Å²) in [7, 11) is 1.74. The van der Waals surface area contributed by atoms with Crippen LogP contribution in [0.15, 0.2) is 36.7 Å². The molecule has 2 N–H and O–H groups in total. The van der Waals surface area contributed by atoms with Crippen LogP contribution in [0, 0.1) is 0 Å². The molecule has 2 aromatic heterocycles. The molecule has 3 rings (SSSR count). The molecule has 0 atom stereocenters. The van der Waals surface area contributed by atoms with Crippen LogP contribution in [0.1, 0.15) is 5.56 Å². The quantitative estimate of drug-likeness (QED) is 0.749. The summed E-state index contributed by atoms with van der Waals surface area (Å²) in [6.45, 7) is 0. The Kier molecular flexibility index (Phi) is 2.86. The summed E-state index contributed by atoms with van der Waals surface area (Å²) in [4.78, 5) is 8.24. The monoisotopic (exact) mass is 292 g/mol. The highest BCUT2D eigenvalue weighted by Gasteiger charge is 2.31. The number of imidazole rings is 1. The number of fused-ring (bicyclic) bond motifs is 1. The van der Waals surface area contributed by atoms with E-state index in [4.69, 9.17) is 5.73 Å². The van der Waals surface area contributed by atoms with Crippen LogP contribution in [0.3, 0.4) is 0 Å². The van der Waals surface area contributed by atoms with E-state index in [0.717, 1.165) is 12.1 Å². The van der Waals surface area contributed by atoms with E-state index in [-0.39, 0.29) is 5.52 Å². The fraction of sp³-hybridized carbons (Fsp3) is 0.143. The zero-order chi connectivity index (χ0) is 15.2. The van der Waals surface area contributed by atoms with Crippen molar-refractivity contribution in [2.75, 3.05) is 5.73 Å². The minimum absolute atomic E-state index is 0.282. The fourth-order valence-corrected chi connectivity index (χ4v) is 2.21. The second-order valence-corrected chi connectivity index (χ2v) is 4.70. The number of hydrogen-bond acceptors (Lipinski definition) is 3. The minimum atomic E-state index is -4.38. The van der Waals surface area contributed by atoms with Crippen molar-refractivity contribution in [1.82, 2.24) is 14.5 Å². The number of aromatic nitrogens is 3. The van der Waals surface area contributed by atoms with E-state index < -0.39 is 11.7 Å². The van der Waals surface area contributed by atoms with Gasteiger partial charge < -0.3 is 10.3 Å². The highest BCUT2D eigenvalue weighted by atomic mass is 19.4. The van der Waals surface area contributed by atoms with E-state index in [9.17, 15) is 13.2 Å². The van der Waals surface area contributed by atoms with Gasteiger partial charge in [-0.3, -0.25) is 4.98 Å². The molecule has 2 heterocycles. The lowest BCUT2D eigenvalue weighted by Crippen LogP contribution is -2.04. The fourth-order valence-electron chi connectivity index (χ4n) is 2.21. The molecule has 0 aliphatic heterocycles. The van der Waals surface area contributed by atoms with Gasteiger partial charge in [0.05, 0.1) is 22.3 Å². The van der Waals surface area contributed by atoms with Crippen LogP contribution in [0.5, 0.6) is 0 Å². The summed E-state index contributed by atoms with van der Waals surface area (Å²) in [5.74, 6) is 0.518. The van der Waals surface area contributed by atoms with Gasteiger partial charge in [-0.05, 0) is 24.3 Å². The largest absolute Gasteiger partial charge is 0.416 e. The Morgan fingerprint density at radius 1 is 1.14 bits per heavy atom. The topological polar surface area (TPSA) is 56.7 Å². The summed E-state index contributed by atoms with van der Waals surface area (Å²) in [6, 6.07) is 5.18. The van der Waals surface area contributed by atoms with Gasteiger partial charge >= 0.3 is 6.18 Å². The van der Waals surface area contributed by atoms with Crippen molar-refractivity contribution >= 4 is 16.7 Å². The zero-order valence-electron chi connectivity index (χ0n) is 11.0. The number of hydrogen-bond donors (Lipinski definition) is 1. The molecule has 0 aliphatic carbocycles. The normalized spacial score (nSPS) is 12.0. The molecule has 1 aromatic carbocycles. The minimum Gasteiger partial charge on any atom is -0.397 e. The predicted octanol–water partition coefficient (Wildman–Crippen LogP) is 3.24. The molecular formula is C14H11F3N4. The number of anilines is 1. The third-order valence-corrected chi connectivity index (χ3v) is 3.23. The number of rotatable bonds is 1. The van der Waals surface area contributed by atoms with Crippen LogP contribution in [0.2, 0.25) is 0 Å². The molecule has 3 aromatic rings. The third-order valence-electron chi connectivity index (χ3n) is 3.23. The molecule has 4 nitrogen and oxygen atoms in total. The van der Waals surface area contributed by atoms with Gasteiger partial charge in [0.2, 0.25) is 0 Å². The molecule has 0 amide bonds. The highest BCUT2D eigenvalue weighted by molar-refractivity contribution is 5.81. The van der Waals surface area contributed by atoms with Crippen molar-refractivity contribution in [2.24, 2.45) is 7.05 Å². The Bertz CT molecular complexity index is 821. The number of nitrogens with zero attached hydrogens (tertiary/aromatic N) is 3. The van der Waals surface area contributed by atoms with Crippen LogP contribution >= 0.6 is 0 Å². The van der Waals surface area contributed by atoms with E-state index >= 15 is 0 Å². The SMILES string of the molecule is Cn1c(-c2cncc(N)c2)nc2cc(C(F)(F)F)ccc21. The molecular weight excluding hydrogens is 281 g/mol. The van der Waals surface area contributed by atoms with Gasteiger partial charge in [-0.2, -0.15) is 13.2 Å². The standard InChI is InChI=1S/C14H11F3N4/c1-21-12-3-2-9(14(15,16)17)5-11(12)20-13(21)8-4-10(18)7-19-6-8/h2-7H,18H2,1H3. The second-order valence-electron chi connectivity index (χ2n) is 4.70. The summed E-state index contributed by atoms with van der Waals surface area (Å²) >= 11 is 0. The molecule has 0 spiro atoms. The first-order chi connectivity index (χ1) is 9.86. The Hall–Kier alpha value is -2.57. The number of halogens is 3. The molecule has 0 fully saturated rings. The third kappa shape index (κ3) is 2.31. The maximum absolute atomic E-state index is 12.7. The number of benzene rings is 1. The maximum atomic E-state index is 12.7. The van der Waals surface area contributed by atoms with Crippen molar-refractivity contribution in [2.45, 2.75) is 6.18 Å². The van der Waals surface area contributed by atoms with Crippen LogP contribution in [0.25, 0.3) is 22.4 Å². The molecule has 21 heavy (non-hydrogen) atoms. The Morgan fingerprint density at radius 3 is 2.57 bits per heavy atom. The summed E-state index contributed by atoms with van der Waals surface area (Å²) in [5, 5.41) is 0. The van der Waals surface area contributed by atoms with Crippen molar-refractivity contribution in [3.05, 3.63) is 42.2 Å². The van der Waals surface area contributed by atoms with E-state index in [0.29, 0.717) is 22.6 Å². The first-order valence-electron chi connectivity index (χ1n) is 6.11.